The Labute approximate surface area is 240 Å². The van der Waals surface area contributed by atoms with Gasteiger partial charge in [0.25, 0.3) is 5.91 Å². The van der Waals surface area contributed by atoms with Crippen LogP contribution >= 0.6 is 34.7 Å². The molecule has 1 saturated heterocycles. The molecule has 9 nitrogen and oxygen atoms in total. The highest BCUT2D eigenvalue weighted by molar-refractivity contribution is 8.00. The highest BCUT2D eigenvalue weighted by atomic mass is 35.5. The van der Waals surface area contributed by atoms with Gasteiger partial charge in [0.1, 0.15) is 16.7 Å². The quantitative estimate of drug-likeness (QED) is 0.220. The lowest BCUT2D eigenvalue weighted by molar-refractivity contribution is -0.122. The lowest BCUT2D eigenvalue weighted by Crippen LogP contribution is -2.32. The standard InChI is InChI=1S/C28H20ClN3O6S2/c29-15-4-8-17(9-5-15)32-26(35)22-21(23-25(31-28(37)40-23)39-24(22)27(32)36)14-2-1-3-19(12-14)38-13-20(34)30-16-6-10-18(33)11-7-16/h1-12,21-22,24,33H,13H2,(H,30,34)(H,31,37)/t21-,22?,24?/m1/s1. The average molecular weight is 594 g/mol. The van der Waals surface area contributed by atoms with Crippen LogP contribution in [-0.2, 0) is 14.4 Å². The number of ether oxygens (including phenoxy) is 1. The maximum Gasteiger partial charge on any atom is 0.305 e. The predicted molar refractivity (Wildman–Crippen MR) is 153 cm³/mol. The predicted octanol–water partition coefficient (Wildman–Crippen LogP) is 4.61. The van der Waals surface area contributed by atoms with Crippen molar-refractivity contribution >= 4 is 63.8 Å². The molecule has 2 aliphatic rings. The first kappa shape index (κ1) is 26.2. The van der Waals surface area contributed by atoms with Gasteiger partial charge >= 0.3 is 4.87 Å². The van der Waals surface area contributed by atoms with Crippen molar-refractivity contribution in [2.24, 2.45) is 5.92 Å². The van der Waals surface area contributed by atoms with Gasteiger partial charge in [-0.05, 0) is 66.2 Å². The topological polar surface area (TPSA) is 129 Å². The zero-order valence-corrected chi connectivity index (χ0v) is 22.9. The number of imide groups is 1. The highest BCUT2D eigenvalue weighted by Crippen LogP contribution is 2.53. The van der Waals surface area contributed by atoms with Crippen LogP contribution in [0, 0.1) is 5.92 Å². The first-order valence-corrected chi connectivity index (χ1v) is 14.2. The van der Waals surface area contributed by atoms with Crippen LogP contribution in [0.25, 0.3) is 0 Å². The molecular formula is C28H20ClN3O6S2. The summed E-state index contributed by atoms with van der Waals surface area (Å²) in [6.45, 7) is -0.276. The number of rotatable bonds is 6. The number of aromatic hydroxyl groups is 1. The second kappa shape index (κ2) is 10.5. The number of carbonyl (C=O) groups is 3. The van der Waals surface area contributed by atoms with Gasteiger partial charge in [0.15, 0.2) is 6.61 Å². The van der Waals surface area contributed by atoms with E-state index in [1.54, 1.807) is 54.6 Å². The van der Waals surface area contributed by atoms with E-state index in [1.807, 2.05) is 6.07 Å². The van der Waals surface area contributed by atoms with E-state index in [2.05, 4.69) is 10.3 Å². The number of aromatic amines is 1. The fraction of sp³-hybridized carbons (Fsp3) is 0.143. The Bertz CT molecular complexity index is 1690. The number of benzene rings is 3. The molecule has 3 heterocycles. The molecule has 3 atom stereocenters. The van der Waals surface area contributed by atoms with E-state index in [-0.39, 0.29) is 29.0 Å². The van der Waals surface area contributed by atoms with Gasteiger partial charge in [-0.1, -0.05) is 46.8 Å². The molecule has 3 aromatic carbocycles. The molecule has 12 heteroatoms. The van der Waals surface area contributed by atoms with Gasteiger partial charge in [-0.3, -0.25) is 19.2 Å². The minimum absolute atomic E-state index is 0.0868. The molecule has 0 bridgehead atoms. The van der Waals surface area contributed by atoms with E-state index in [1.165, 1.54) is 28.8 Å². The van der Waals surface area contributed by atoms with Crippen molar-refractivity contribution in [1.82, 2.24) is 4.98 Å². The molecule has 2 aliphatic heterocycles. The van der Waals surface area contributed by atoms with Crippen molar-refractivity contribution in [2.75, 3.05) is 16.8 Å². The number of hydrogen-bond donors (Lipinski definition) is 3. The number of aromatic nitrogens is 1. The third-order valence-electron chi connectivity index (χ3n) is 6.65. The molecule has 3 amide bonds. The molecule has 0 saturated carbocycles. The second-order valence-electron chi connectivity index (χ2n) is 9.19. The Morgan fingerprint density at radius 2 is 1.77 bits per heavy atom. The van der Waals surface area contributed by atoms with Gasteiger partial charge in [-0.25, -0.2) is 4.90 Å². The molecule has 202 valence electrons. The van der Waals surface area contributed by atoms with E-state index >= 15 is 0 Å². The summed E-state index contributed by atoms with van der Waals surface area (Å²) in [7, 11) is 0. The monoisotopic (exact) mass is 593 g/mol. The largest absolute Gasteiger partial charge is 0.508 e. The lowest BCUT2D eigenvalue weighted by atomic mass is 9.83. The number of fused-ring (bicyclic) bond motifs is 2. The van der Waals surface area contributed by atoms with Crippen molar-refractivity contribution in [1.29, 1.82) is 0 Å². The summed E-state index contributed by atoms with van der Waals surface area (Å²) in [5.41, 5.74) is 1.62. The summed E-state index contributed by atoms with van der Waals surface area (Å²) < 4.78 is 5.74. The summed E-state index contributed by atoms with van der Waals surface area (Å²) in [5.74, 6) is -1.96. The molecular weight excluding hydrogens is 574 g/mol. The molecule has 40 heavy (non-hydrogen) atoms. The van der Waals surface area contributed by atoms with Crippen molar-refractivity contribution < 1.29 is 24.2 Å². The summed E-state index contributed by atoms with van der Waals surface area (Å²) in [4.78, 5) is 56.5. The van der Waals surface area contributed by atoms with Gasteiger partial charge in [-0.2, -0.15) is 0 Å². The average Bonchev–Trinajstić information content (AvgIpc) is 3.43. The van der Waals surface area contributed by atoms with E-state index in [9.17, 15) is 24.3 Å². The maximum atomic E-state index is 13.8. The molecule has 1 fully saturated rings. The van der Waals surface area contributed by atoms with E-state index in [0.29, 0.717) is 37.6 Å². The molecule has 0 aliphatic carbocycles. The first-order chi connectivity index (χ1) is 19.3. The van der Waals surface area contributed by atoms with Crippen LogP contribution in [0.1, 0.15) is 16.4 Å². The molecule has 2 unspecified atom stereocenters. The Kier molecular flexibility index (Phi) is 6.87. The van der Waals surface area contributed by atoms with E-state index < -0.39 is 23.0 Å². The van der Waals surface area contributed by atoms with Gasteiger partial charge in [-0.15, -0.1) is 0 Å². The van der Waals surface area contributed by atoms with Crippen LogP contribution in [0.5, 0.6) is 11.5 Å². The number of carbonyl (C=O) groups excluding carboxylic acids is 3. The zero-order valence-electron chi connectivity index (χ0n) is 20.5. The smallest absolute Gasteiger partial charge is 0.305 e. The van der Waals surface area contributed by atoms with Crippen molar-refractivity contribution in [3.8, 4) is 11.5 Å². The minimum atomic E-state index is -0.750. The summed E-state index contributed by atoms with van der Waals surface area (Å²) >= 11 is 8.23. The van der Waals surface area contributed by atoms with Crippen LogP contribution < -0.4 is 19.8 Å². The summed E-state index contributed by atoms with van der Waals surface area (Å²) in [5, 5.41) is 12.4. The molecule has 0 radical (unpaired) electrons. The first-order valence-electron chi connectivity index (χ1n) is 12.1. The van der Waals surface area contributed by atoms with E-state index in [4.69, 9.17) is 16.3 Å². The second-order valence-corrected chi connectivity index (χ2v) is 11.8. The fourth-order valence-corrected chi connectivity index (χ4v) is 7.55. The number of phenolic OH excluding ortho intramolecular Hbond substituents is 1. The third kappa shape index (κ3) is 4.87. The normalized spacial score (nSPS) is 19.7. The molecule has 3 N–H and O–H groups in total. The number of phenols is 1. The Morgan fingerprint density at radius 3 is 2.52 bits per heavy atom. The van der Waals surface area contributed by atoms with Gasteiger partial charge < -0.3 is 20.1 Å². The lowest BCUT2D eigenvalue weighted by Gasteiger charge is -2.30. The third-order valence-corrected chi connectivity index (χ3v) is 9.30. The number of thioether (sulfide) groups is 1. The Hall–Kier alpha value is -4.06. The number of amides is 3. The minimum Gasteiger partial charge on any atom is -0.508 e. The van der Waals surface area contributed by atoms with E-state index in [0.717, 1.165) is 11.3 Å². The van der Waals surface area contributed by atoms with Crippen molar-refractivity contribution in [2.45, 2.75) is 16.2 Å². The number of thiazole rings is 1. The fourth-order valence-electron chi connectivity index (χ4n) is 4.91. The van der Waals surface area contributed by atoms with Gasteiger partial charge in [0.05, 0.1) is 16.6 Å². The van der Waals surface area contributed by atoms with Crippen LogP contribution in [0.15, 0.2) is 82.6 Å². The molecule has 0 spiro atoms. The molecule has 1 aromatic heterocycles. The number of nitrogens with one attached hydrogen (secondary N) is 2. The van der Waals surface area contributed by atoms with Crippen molar-refractivity contribution in [3.05, 3.63) is 97.9 Å². The summed E-state index contributed by atoms with van der Waals surface area (Å²) in [6.07, 6.45) is 0. The SMILES string of the molecule is O=C(COc1cccc([C@H]2c3sc(=O)[nH]c3SC3C(=O)N(c4ccc(Cl)cc4)C(=O)C32)c1)Nc1ccc(O)cc1. The van der Waals surface area contributed by atoms with Gasteiger partial charge in [0.2, 0.25) is 11.8 Å². The zero-order chi connectivity index (χ0) is 28.0. The maximum absolute atomic E-state index is 13.8. The Morgan fingerprint density at radius 1 is 1.02 bits per heavy atom. The van der Waals surface area contributed by atoms with Crippen LogP contribution in [0.2, 0.25) is 5.02 Å². The number of nitrogens with zero attached hydrogens (tertiary/aromatic N) is 1. The van der Waals surface area contributed by atoms with Gasteiger partial charge in [0, 0.05) is 21.5 Å². The van der Waals surface area contributed by atoms with Crippen LogP contribution in [0.3, 0.4) is 0 Å². The number of H-pyrrole nitrogens is 1. The van der Waals surface area contributed by atoms with Crippen LogP contribution in [0.4, 0.5) is 11.4 Å². The molecule has 6 rings (SSSR count). The number of hydrogen-bond acceptors (Lipinski definition) is 8. The molecule has 4 aromatic rings. The number of anilines is 2. The summed E-state index contributed by atoms with van der Waals surface area (Å²) in [6, 6.07) is 19.5. The highest BCUT2D eigenvalue weighted by Gasteiger charge is 2.56. The van der Waals surface area contributed by atoms with Crippen molar-refractivity contribution in [3.63, 3.8) is 0 Å². The Balaban J connectivity index is 1.28. The van der Waals surface area contributed by atoms with Crippen LogP contribution in [-0.4, -0.2) is 39.7 Å². The number of halogens is 1.